The average molecular weight is 688 g/mol. The van der Waals surface area contributed by atoms with E-state index in [1.807, 2.05) is 22.6 Å². The minimum absolute atomic E-state index is 0.00794. The summed E-state index contributed by atoms with van der Waals surface area (Å²) >= 11 is 2.04. The van der Waals surface area contributed by atoms with Gasteiger partial charge in [0, 0.05) is 19.4 Å². The van der Waals surface area contributed by atoms with Crippen LogP contribution in [-0.2, 0) is 25.4 Å². The van der Waals surface area contributed by atoms with E-state index in [-0.39, 0.29) is 25.4 Å². The molecule has 0 fully saturated rings. The zero-order chi connectivity index (χ0) is 30.0. The topological polar surface area (TPSA) is 74.2 Å². The van der Waals surface area contributed by atoms with Gasteiger partial charge in [-0.15, -0.1) is 0 Å². The highest BCUT2D eigenvalue weighted by atomic mass is 127. The second kappa shape index (κ2) is 14.8. The number of para-hydroxylation sites is 1. The van der Waals surface area contributed by atoms with Crippen LogP contribution in [0.2, 0.25) is 0 Å². The number of carboxylic acids is 1. The van der Waals surface area contributed by atoms with Crippen molar-refractivity contribution in [2.75, 3.05) is 26.4 Å². The summed E-state index contributed by atoms with van der Waals surface area (Å²) in [5.41, 5.74) is -0.871. The molecule has 220 valence electrons. The van der Waals surface area contributed by atoms with Gasteiger partial charge in [-0.3, -0.25) is 0 Å². The third kappa shape index (κ3) is 11.8. The van der Waals surface area contributed by atoms with Crippen molar-refractivity contribution in [2.24, 2.45) is 0 Å². The fourth-order valence-corrected chi connectivity index (χ4v) is 4.10. The number of hydrogen-bond acceptors (Lipinski definition) is 5. The van der Waals surface area contributed by atoms with Gasteiger partial charge in [-0.25, -0.2) is 4.79 Å². The molecule has 0 heterocycles. The van der Waals surface area contributed by atoms with E-state index in [1.165, 1.54) is 18.2 Å². The highest BCUT2D eigenvalue weighted by molar-refractivity contribution is 14.1. The maximum Gasteiger partial charge on any atom is 0.422 e. The summed E-state index contributed by atoms with van der Waals surface area (Å²) in [5, 5.41) is 9.40. The maximum absolute atomic E-state index is 12.9. The normalized spacial score (nSPS) is 18.4. The van der Waals surface area contributed by atoms with E-state index in [0.29, 0.717) is 16.9 Å². The number of carbonyl (C=O) groups is 1. The van der Waals surface area contributed by atoms with Crippen molar-refractivity contribution in [1.29, 1.82) is 0 Å². The lowest BCUT2D eigenvalue weighted by Crippen LogP contribution is -2.35. The number of ether oxygens (including phenoxy) is 4. The molecule has 0 aliphatic heterocycles. The van der Waals surface area contributed by atoms with Gasteiger partial charge < -0.3 is 24.1 Å². The molecule has 2 atom stereocenters. The first kappa shape index (κ1) is 33.5. The van der Waals surface area contributed by atoms with Crippen LogP contribution < -0.4 is 4.74 Å². The largest absolute Gasteiger partial charge is 0.488 e. The molecule has 6 nitrogen and oxygen atoms in total. The summed E-state index contributed by atoms with van der Waals surface area (Å²) in [6, 6.07) is 5.24. The smallest absolute Gasteiger partial charge is 0.422 e. The molecule has 0 radical (unpaired) electrons. The highest BCUT2D eigenvalue weighted by Gasteiger charge is 2.38. The molecule has 0 saturated carbocycles. The summed E-state index contributed by atoms with van der Waals surface area (Å²) in [7, 11) is 0. The first-order chi connectivity index (χ1) is 18.6. The van der Waals surface area contributed by atoms with E-state index in [4.69, 9.17) is 18.9 Å². The lowest BCUT2D eigenvalue weighted by Gasteiger charge is -2.29. The zero-order valence-corrected chi connectivity index (χ0v) is 23.7. The van der Waals surface area contributed by atoms with Crippen LogP contribution in [0.25, 0.3) is 0 Å². The molecule has 1 aromatic carbocycles. The molecule has 0 spiro atoms. The molecule has 1 aromatic rings. The number of alkyl halides is 6. The standard InChI is InChI=1S/C27H27F6IO6/c1-3-37-22(24(35)36)14-19-6-4-8-21(34)23(19)38-13-10-18(2)9-12-25(40-17-27(31,32)33)11-5-7-20(15-25)39-16-26(28,29)30/h4-8,10-11,22H,3,13-17H2,1-2H3,(H,35,36)/t22-,25?/m0/s1. The molecule has 1 aliphatic carbocycles. The lowest BCUT2D eigenvalue weighted by molar-refractivity contribution is -0.191. The number of aliphatic carboxylic acids is 1. The average Bonchev–Trinajstić information content (AvgIpc) is 2.86. The quantitative estimate of drug-likeness (QED) is 0.156. The van der Waals surface area contributed by atoms with E-state index >= 15 is 0 Å². The zero-order valence-electron chi connectivity index (χ0n) is 21.5. The summed E-state index contributed by atoms with van der Waals surface area (Å²) in [5.74, 6) is 4.39. The number of rotatable bonds is 12. The number of halogens is 7. The summed E-state index contributed by atoms with van der Waals surface area (Å²) < 4.78 is 97.9. The Morgan fingerprint density at radius 1 is 1.18 bits per heavy atom. The molecule has 1 aliphatic rings. The molecule has 0 bridgehead atoms. The van der Waals surface area contributed by atoms with Crippen molar-refractivity contribution in [3.05, 3.63) is 63.0 Å². The van der Waals surface area contributed by atoms with Gasteiger partial charge in [0.2, 0.25) is 0 Å². The minimum Gasteiger partial charge on any atom is -0.488 e. The third-order valence-electron chi connectivity index (χ3n) is 5.18. The molecule has 13 heteroatoms. The number of hydrogen-bond donors (Lipinski definition) is 1. The van der Waals surface area contributed by atoms with Gasteiger partial charge in [0.15, 0.2) is 18.3 Å². The van der Waals surface area contributed by atoms with Gasteiger partial charge >= 0.3 is 18.3 Å². The van der Waals surface area contributed by atoms with Crippen LogP contribution in [0.5, 0.6) is 5.75 Å². The molecule has 2 rings (SSSR count). The van der Waals surface area contributed by atoms with Gasteiger partial charge in [0.25, 0.3) is 0 Å². The van der Waals surface area contributed by atoms with Gasteiger partial charge in [0.05, 0.1) is 3.57 Å². The van der Waals surface area contributed by atoms with Crippen LogP contribution in [0, 0.1) is 15.4 Å². The number of benzene rings is 1. The van der Waals surface area contributed by atoms with E-state index in [1.54, 1.807) is 38.1 Å². The van der Waals surface area contributed by atoms with Crippen LogP contribution in [-0.4, -0.2) is 61.6 Å². The van der Waals surface area contributed by atoms with Gasteiger partial charge in [0.1, 0.15) is 24.7 Å². The molecule has 1 N–H and O–H groups in total. The second-order valence-electron chi connectivity index (χ2n) is 8.53. The Labute approximate surface area is 241 Å². The van der Waals surface area contributed by atoms with Crippen molar-refractivity contribution >= 4 is 28.6 Å². The Kier molecular flexibility index (Phi) is 12.4. The Balaban J connectivity index is 2.19. The van der Waals surface area contributed by atoms with Gasteiger partial charge in [-0.2, -0.15) is 26.3 Å². The molecule has 0 aromatic heterocycles. The highest BCUT2D eigenvalue weighted by Crippen LogP contribution is 2.31. The van der Waals surface area contributed by atoms with Crippen LogP contribution in [0.1, 0.15) is 25.8 Å². The fraction of sp³-hybridized carbons (Fsp3) is 0.444. The maximum atomic E-state index is 12.9. The van der Waals surface area contributed by atoms with Gasteiger partial charge in [-0.1, -0.05) is 30.0 Å². The van der Waals surface area contributed by atoms with Crippen molar-refractivity contribution in [3.63, 3.8) is 0 Å². The minimum atomic E-state index is -4.69. The SMILES string of the molecule is CCO[C@@H](Cc1cccc(I)c1OCC=C(C)C#CC1(OCC(F)(F)F)C=CC=C(OCC(F)(F)F)C1)C(=O)O. The Hall–Kier alpha value is -2.70. The Morgan fingerprint density at radius 3 is 2.50 bits per heavy atom. The van der Waals surface area contributed by atoms with E-state index < -0.39 is 49.7 Å². The summed E-state index contributed by atoms with van der Waals surface area (Å²) in [4.78, 5) is 11.5. The molecule has 40 heavy (non-hydrogen) atoms. The number of carboxylic acid groups (broad SMARTS) is 1. The monoisotopic (exact) mass is 688 g/mol. The van der Waals surface area contributed by atoms with Crippen molar-refractivity contribution in [1.82, 2.24) is 0 Å². The summed E-state index contributed by atoms with van der Waals surface area (Å²) in [6.45, 7) is 0.190. The van der Waals surface area contributed by atoms with Crippen LogP contribution in [0.4, 0.5) is 26.3 Å². The summed E-state index contributed by atoms with van der Waals surface area (Å²) in [6.07, 6.45) is -5.56. The van der Waals surface area contributed by atoms with Gasteiger partial charge in [-0.05, 0) is 71.9 Å². The van der Waals surface area contributed by atoms with Crippen LogP contribution >= 0.6 is 22.6 Å². The van der Waals surface area contributed by atoms with Crippen molar-refractivity contribution in [3.8, 4) is 17.6 Å². The molecular formula is C27H27F6IO6. The third-order valence-corrected chi connectivity index (χ3v) is 6.03. The predicted octanol–water partition coefficient (Wildman–Crippen LogP) is 6.39. The Morgan fingerprint density at radius 2 is 1.88 bits per heavy atom. The van der Waals surface area contributed by atoms with Crippen molar-refractivity contribution in [2.45, 2.75) is 50.7 Å². The number of allylic oxidation sites excluding steroid dienone is 3. The van der Waals surface area contributed by atoms with E-state index in [2.05, 4.69) is 11.8 Å². The second-order valence-corrected chi connectivity index (χ2v) is 9.69. The van der Waals surface area contributed by atoms with Crippen LogP contribution in [0.15, 0.2) is 53.8 Å². The first-order valence-electron chi connectivity index (χ1n) is 11.9. The molecule has 0 amide bonds. The first-order valence-corrected chi connectivity index (χ1v) is 12.9. The fourth-order valence-electron chi connectivity index (χ4n) is 3.39. The van der Waals surface area contributed by atoms with E-state index in [9.17, 15) is 36.2 Å². The molecule has 0 saturated heterocycles. The Bertz CT molecular complexity index is 1180. The lowest BCUT2D eigenvalue weighted by atomic mass is 9.93. The molecule has 1 unspecified atom stereocenters. The van der Waals surface area contributed by atoms with Crippen LogP contribution in [0.3, 0.4) is 0 Å². The van der Waals surface area contributed by atoms with E-state index in [0.717, 1.165) is 3.57 Å². The predicted molar refractivity (Wildman–Crippen MR) is 142 cm³/mol. The van der Waals surface area contributed by atoms with Crippen molar-refractivity contribution < 1.29 is 55.2 Å². The molecular weight excluding hydrogens is 661 g/mol.